The maximum absolute atomic E-state index is 14.5. The van der Waals surface area contributed by atoms with E-state index in [1.807, 2.05) is 0 Å². The molecule has 738 valence electrons. The van der Waals surface area contributed by atoms with Gasteiger partial charge in [0.1, 0.15) is 85.1 Å². The fourth-order valence-electron chi connectivity index (χ4n) is 21.2. The van der Waals surface area contributed by atoms with Crippen LogP contribution in [0, 0.1) is 0 Å². The van der Waals surface area contributed by atoms with Crippen molar-refractivity contribution in [1.29, 1.82) is 0 Å². The molecule has 16 N–H and O–H groups in total. The van der Waals surface area contributed by atoms with E-state index < -0.39 is 285 Å². The third kappa shape index (κ3) is 23.0. The minimum absolute atomic E-state index is 0.0267. The molecule has 0 unspecified atom stereocenters. The Kier molecular flexibility index (Phi) is 33.4. The van der Waals surface area contributed by atoms with Gasteiger partial charge in [-0.1, -0.05) is 0 Å². The lowest BCUT2D eigenvalue weighted by Gasteiger charge is -2.32. The van der Waals surface area contributed by atoms with Crippen LogP contribution in [-0.4, -0.2) is 483 Å². The Balaban J connectivity index is 0.535. The highest BCUT2D eigenvalue weighted by atomic mass is 32.2. The van der Waals surface area contributed by atoms with E-state index >= 15 is 0 Å². The van der Waals surface area contributed by atoms with E-state index in [4.69, 9.17) is 5.11 Å². The van der Waals surface area contributed by atoms with Crippen LogP contribution >= 0.6 is 11.8 Å². The first-order valence-electron chi connectivity index (χ1n) is 46.4. The molecular weight excluding hydrogens is 1780 g/mol. The molecular formula is C84H123N21O28S. The molecule has 0 aliphatic carbocycles. The van der Waals surface area contributed by atoms with E-state index in [0.717, 1.165) is 30.9 Å². The van der Waals surface area contributed by atoms with Gasteiger partial charge in [-0.3, -0.25) is 101 Å². The zero-order chi connectivity index (χ0) is 96.4. The number of aliphatic hydroxyl groups excluding tert-OH is 6. The van der Waals surface area contributed by atoms with Gasteiger partial charge in [0.15, 0.2) is 0 Å². The van der Waals surface area contributed by atoms with E-state index in [2.05, 4.69) is 47.9 Å². The highest BCUT2D eigenvalue weighted by Crippen LogP contribution is 2.34. The number of aliphatic hydroxyl groups is 6. The van der Waals surface area contributed by atoms with E-state index in [1.165, 1.54) is 46.1 Å². The van der Waals surface area contributed by atoms with Gasteiger partial charge in [-0.25, -0.2) is 0 Å². The first-order chi connectivity index (χ1) is 64.0. The van der Waals surface area contributed by atoms with Crippen molar-refractivity contribution in [3.8, 4) is 0 Å². The summed E-state index contributed by atoms with van der Waals surface area (Å²) in [7, 11) is 0. The lowest BCUT2D eigenvalue weighted by molar-refractivity contribution is -0.148. The third-order valence-electron chi connectivity index (χ3n) is 27.9. The van der Waals surface area contributed by atoms with E-state index in [0.29, 0.717) is 57.2 Å². The standard InChI is InChI=1S/C84H123N21O28S/c1-134-24-16-50(71(120)86-31-65(113)95-19-4-11-53(95)84(133)105-43-49(111)30-63(105)77(126)92-37-70(118)119)93-78(127)52-10-3-18-94(52)64(112)32-87-73(122)59-26-45(107)39-101(59)80(129)55-13-6-21-97(55)67(115)34-89-75(124)61-28-47(109)41-103(61)82(131)57-15-8-23-99(57)69(117)36-91-76(125)62-29-48(110)42-104(62)83(132)56-14-7-22-98(56)68(116)35-90-74(123)60-27-46(108)40-102(60)81(130)54-12-5-20-96(54)66(114)33-88-72(121)58-25-44(106)38-100(58)79(128)51-9-2-17-85-51/h44-63,85,106-111H,2-43H2,1H3,(H,86,120)(H,87,122)(H,88,121)(H,89,124)(H,90,123)(H,91,125)(H,92,126)(H,93,127)(H,118,119)/t44-,45-,46-,47-,48-,49-,50+,51+,52+,53+,54+,55+,56+,57+,58+,59+,60+,61+,62+,63+/m1/s1. The molecule has 13 fully saturated rings. The lowest BCUT2D eigenvalue weighted by atomic mass is 10.1. The van der Waals surface area contributed by atoms with Crippen molar-refractivity contribution in [2.24, 2.45) is 0 Å². The fraction of sp³-hybridized carbons (Fsp3) is 0.750. The maximum Gasteiger partial charge on any atom is 0.322 e. The number of thioether (sulfide) groups is 1. The summed E-state index contributed by atoms with van der Waals surface area (Å²) in [6.07, 6.45) is -1.71. The Labute approximate surface area is 774 Å². The normalized spacial score (nSPS) is 29.7. The quantitative estimate of drug-likeness (QED) is 0.0297. The smallest absolute Gasteiger partial charge is 0.322 e. The molecule has 0 radical (unpaired) electrons. The molecule has 134 heavy (non-hydrogen) atoms. The summed E-state index contributed by atoms with van der Waals surface area (Å²) < 4.78 is 0. The van der Waals surface area contributed by atoms with Crippen LogP contribution in [0.5, 0.6) is 0 Å². The number of carbonyl (C=O) groups excluding carboxylic acids is 20. The van der Waals surface area contributed by atoms with Crippen LogP contribution in [0.4, 0.5) is 0 Å². The van der Waals surface area contributed by atoms with Crippen LogP contribution in [0.3, 0.4) is 0 Å². The van der Waals surface area contributed by atoms with Gasteiger partial charge in [-0.05, 0) is 115 Å². The van der Waals surface area contributed by atoms with Crippen molar-refractivity contribution >= 4 is 136 Å². The molecule has 13 aliphatic rings. The molecule has 0 aromatic heterocycles. The van der Waals surface area contributed by atoms with Crippen molar-refractivity contribution in [2.45, 2.75) is 256 Å². The van der Waals surface area contributed by atoms with Gasteiger partial charge in [-0.2, -0.15) is 11.8 Å². The molecule has 13 aliphatic heterocycles. The number of amides is 20. The molecule has 0 spiro atoms. The summed E-state index contributed by atoms with van der Waals surface area (Å²) in [4.78, 5) is 304. The Bertz CT molecular complexity index is 4530. The molecule has 0 aromatic carbocycles. The second-order valence-electron chi connectivity index (χ2n) is 36.8. The molecule has 0 aromatic rings. The summed E-state index contributed by atoms with van der Waals surface area (Å²) in [5.41, 5.74) is 0. The first-order valence-corrected chi connectivity index (χ1v) is 47.8. The van der Waals surface area contributed by atoms with Crippen LogP contribution in [-0.2, 0) is 101 Å². The second-order valence-corrected chi connectivity index (χ2v) is 37.7. The Hall–Kier alpha value is -11.1. The molecule has 13 rings (SSSR count). The molecule has 13 saturated heterocycles. The highest BCUT2D eigenvalue weighted by Gasteiger charge is 2.53. The van der Waals surface area contributed by atoms with Crippen molar-refractivity contribution in [1.82, 2.24) is 107 Å². The number of hydrogen-bond acceptors (Lipinski definition) is 29. The van der Waals surface area contributed by atoms with Gasteiger partial charge in [0.05, 0.1) is 81.9 Å². The van der Waals surface area contributed by atoms with Crippen molar-refractivity contribution in [2.75, 3.05) is 143 Å². The second kappa shape index (κ2) is 44.6. The molecule has 0 saturated carbocycles. The Morgan fingerprint density at radius 2 is 0.530 bits per heavy atom. The summed E-state index contributed by atoms with van der Waals surface area (Å²) in [6.45, 7) is -4.94. The number of nitrogens with one attached hydrogen (secondary N) is 9. The molecule has 20 atom stereocenters. The van der Waals surface area contributed by atoms with Gasteiger partial charge in [0, 0.05) is 117 Å². The number of nitrogens with zero attached hydrogens (tertiary/aromatic N) is 12. The number of carboxylic acids is 1. The van der Waals surface area contributed by atoms with Gasteiger partial charge in [0.2, 0.25) is 118 Å². The largest absolute Gasteiger partial charge is 0.480 e. The number of aliphatic carboxylic acids is 1. The van der Waals surface area contributed by atoms with E-state index in [9.17, 15) is 131 Å². The third-order valence-corrected chi connectivity index (χ3v) is 28.5. The van der Waals surface area contributed by atoms with Crippen LogP contribution in [0.1, 0.15) is 135 Å². The van der Waals surface area contributed by atoms with E-state index in [-0.39, 0.29) is 168 Å². The summed E-state index contributed by atoms with van der Waals surface area (Å²) in [5, 5.41) is 96.6. The Morgan fingerprint density at radius 1 is 0.291 bits per heavy atom. The summed E-state index contributed by atoms with van der Waals surface area (Å²) in [5.74, 6) is -15.0. The van der Waals surface area contributed by atoms with Crippen LogP contribution < -0.4 is 47.9 Å². The molecule has 49 nitrogen and oxygen atoms in total. The summed E-state index contributed by atoms with van der Waals surface area (Å²) >= 11 is 1.37. The average Bonchev–Trinajstić information content (AvgIpc) is 1.66. The first kappa shape index (κ1) is 100. The van der Waals surface area contributed by atoms with Crippen LogP contribution in [0.25, 0.3) is 0 Å². The SMILES string of the molecule is CSCC[C@H](NC(=O)[C@@H]1CCCN1C(=O)CNC(=O)[C@@H]1C[C@@H](O)CN1C(=O)[C@@H]1CCCN1C(=O)CNC(=O)[C@@H]1C[C@@H](O)CN1C(=O)[C@@H]1CCCN1C(=O)CNC(=O)[C@@H]1C[C@@H](O)CN1C(=O)[C@@H]1CCCN1C(=O)CNC(=O)[C@@H]1C[C@@H](O)CN1C(=O)[C@@H]1CCCN1C(=O)CNC(=O)[C@@H]1C[C@@H](O)CN1C(=O)[C@@H]1CCCN1)C(=O)NCC(=O)N1CCC[C@H]1C(=O)N1C[C@H](O)C[C@H]1C(=O)NCC(=O)O. The minimum atomic E-state index is -1.35. The number of likely N-dealkylation sites (tertiary alicyclic amines) is 12. The molecule has 0 bridgehead atoms. The number of hydrogen-bond donors (Lipinski definition) is 16. The topological polar surface area (TPSA) is 647 Å². The molecule has 50 heteroatoms. The van der Waals surface area contributed by atoms with E-state index in [1.54, 1.807) is 6.26 Å². The number of rotatable bonds is 32. The van der Waals surface area contributed by atoms with Gasteiger partial charge in [-0.15, -0.1) is 0 Å². The zero-order valence-corrected chi connectivity index (χ0v) is 75.5. The van der Waals surface area contributed by atoms with Gasteiger partial charge >= 0.3 is 5.97 Å². The number of carbonyl (C=O) groups is 21. The number of carboxylic acid groups (broad SMARTS) is 1. The predicted octanol–water partition coefficient (Wildman–Crippen LogP) is -12.4. The van der Waals surface area contributed by atoms with Crippen molar-refractivity contribution in [3.63, 3.8) is 0 Å². The minimum Gasteiger partial charge on any atom is -0.480 e. The maximum atomic E-state index is 14.5. The monoisotopic (exact) mass is 1910 g/mol. The van der Waals surface area contributed by atoms with Gasteiger partial charge < -0.3 is 142 Å². The molecule has 13 heterocycles. The van der Waals surface area contributed by atoms with Crippen LogP contribution in [0.2, 0.25) is 0 Å². The predicted molar refractivity (Wildman–Crippen MR) is 460 cm³/mol. The van der Waals surface area contributed by atoms with Gasteiger partial charge in [0.25, 0.3) is 0 Å². The highest BCUT2D eigenvalue weighted by molar-refractivity contribution is 7.98. The average molecular weight is 1910 g/mol. The van der Waals surface area contributed by atoms with Crippen molar-refractivity contribution < 1.29 is 136 Å². The van der Waals surface area contributed by atoms with Crippen LogP contribution in [0.15, 0.2) is 0 Å². The number of β-amino-alcohol motifs (C(OH)–C–C–N with tert-alkyl or cyclic N) is 6. The summed E-state index contributed by atoms with van der Waals surface area (Å²) in [6, 6.07) is -15.9. The zero-order valence-electron chi connectivity index (χ0n) is 74.7. The lowest BCUT2D eigenvalue weighted by Crippen LogP contribution is -2.57. The Morgan fingerprint density at radius 3 is 0.776 bits per heavy atom. The van der Waals surface area contributed by atoms with Crippen molar-refractivity contribution in [3.05, 3.63) is 0 Å². The molecule has 20 amide bonds. The fourth-order valence-corrected chi connectivity index (χ4v) is 21.7.